The average molecular weight is 170 g/mol. The zero-order chi connectivity index (χ0) is 8.44. The Morgan fingerprint density at radius 3 is 2.25 bits per heavy atom. The number of nitrogens with zero attached hydrogens (tertiary/aromatic N) is 1. The standard InChI is InChI=1S/C9H16NO2/c1-10-5-3-9(4-6-10)11-7-2-8-12-9/h1-8H2/q-1. The van der Waals surface area contributed by atoms with Crippen molar-refractivity contribution in [3.05, 3.63) is 7.05 Å². The second-order valence-corrected chi connectivity index (χ2v) is 3.58. The predicted octanol–water partition coefficient (Wildman–Crippen LogP) is 1.01. The fourth-order valence-electron chi connectivity index (χ4n) is 1.80. The van der Waals surface area contributed by atoms with Crippen molar-refractivity contribution in [1.29, 1.82) is 0 Å². The molecule has 12 heavy (non-hydrogen) atoms. The van der Waals surface area contributed by atoms with Gasteiger partial charge in [0.15, 0.2) is 5.79 Å². The first kappa shape index (κ1) is 8.48. The monoisotopic (exact) mass is 170 g/mol. The van der Waals surface area contributed by atoms with Crippen LogP contribution in [-0.4, -0.2) is 37.0 Å². The first-order valence-corrected chi connectivity index (χ1v) is 4.64. The molecule has 2 aliphatic heterocycles. The average Bonchev–Trinajstić information content (AvgIpc) is 2.13. The van der Waals surface area contributed by atoms with Gasteiger partial charge < -0.3 is 14.4 Å². The molecule has 0 bridgehead atoms. The molecule has 0 aromatic heterocycles. The van der Waals surface area contributed by atoms with Gasteiger partial charge in [-0.2, -0.15) is 0 Å². The number of hydrogen-bond acceptors (Lipinski definition) is 3. The summed E-state index contributed by atoms with van der Waals surface area (Å²) in [6.45, 7) is 3.69. The Balaban J connectivity index is 1.92. The van der Waals surface area contributed by atoms with Crippen LogP contribution in [0.3, 0.4) is 0 Å². The van der Waals surface area contributed by atoms with Gasteiger partial charge in [0.25, 0.3) is 0 Å². The molecule has 0 N–H and O–H groups in total. The smallest absolute Gasteiger partial charge is 0.170 e. The molecule has 1 spiro atoms. The summed E-state index contributed by atoms with van der Waals surface area (Å²) in [6.07, 6.45) is 2.98. The van der Waals surface area contributed by atoms with E-state index in [-0.39, 0.29) is 5.79 Å². The highest BCUT2D eigenvalue weighted by Gasteiger charge is 2.36. The van der Waals surface area contributed by atoms with E-state index >= 15 is 0 Å². The number of likely N-dealkylation sites (tertiary alicyclic amines) is 1. The summed E-state index contributed by atoms with van der Waals surface area (Å²) >= 11 is 0. The second kappa shape index (κ2) is 3.32. The first-order valence-electron chi connectivity index (χ1n) is 4.64. The molecule has 0 aromatic carbocycles. The van der Waals surface area contributed by atoms with Crippen molar-refractivity contribution in [3.8, 4) is 0 Å². The molecule has 3 heteroatoms. The van der Waals surface area contributed by atoms with Gasteiger partial charge in [-0.15, -0.1) is 0 Å². The largest absolute Gasteiger partial charge is 0.459 e. The fourth-order valence-corrected chi connectivity index (χ4v) is 1.80. The topological polar surface area (TPSA) is 21.7 Å². The zero-order valence-corrected chi connectivity index (χ0v) is 7.42. The molecular weight excluding hydrogens is 154 g/mol. The first-order chi connectivity index (χ1) is 5.81. The van der Waals surface area contributed by atoms with Gasteiger partial charge in [-0.3, -0.25) is 7.05 Å². The molecule has 2 aliphatic rings. The maximum atomic E-state index is 5.68. The fraction of sp³-hybridized carbons (Fsp3) is 0.889. The van der Waals surface area contributed by atoms with Gasteiger partial charge in [0.1, 0.15) is 0 Å². The van der Waals surface area contributed by atoms with E-state index in [9.17, 15) is 0 Å². The summed E-state index contributed by atoms with van der Waals surface area (Å²) in [6, 6.07) is 0. The third-order valence-electron chi connectivity index (χ3n) is 2.64. The molecule has 0 unspecified atom stereocenters. The molecule has 2 heterocycles. The van der Waals surface area contributed by atoms with Gasteiger partial charge in [-0.1, -0.05) is 0 Å². The maximum Gasteiger partial charge on any atom is 0.170 e. The molecular formula is C9H16NO2-. The van der Waals surface area contributed by atoms with Crippen LogP contribution < -0.4 is 0 Å². The molecule has 2 rings (SSSR count). The van der Waals surface area contributed by atoms with Gasteiger partial charge >= 0.3 is 0 Å². The summed E-state index contributed by atoms with van der Waals surface area (Å²) in [5, 5.41) is 0. The van der Waals surface area contributed by atoms with Crippen LogP contribution >= 0.6 is 0 Å². The van der Waals surface area contributed by atoms with Crippen LogP contribution in [0.25, 0.3) is 0 Å². The van der Waals surface area contributed by atoms with Crippen molar-refractivity contribution < 1.29 is 9.47 Å². The minimum Gasteiger partial charge on any atom is -0.459 e. The summed E-state index contributed by atoms with van der Waals surface area (Å²) in [7, 11) is 3.90. The highest BCUT2D eigenvalue weighted by molar-refractivity contribution is 4.81. The second-order valence-electron chi connectivity index (χ2n) is 3.58. The molecule has 0 aromatic rings. The summed E-state index contributed by atoms with van der Waals surface area (Å²) in [5.41, 5.74) is 0. The van der Waals surface area contributed by atoms with Crippen molar-refractivity contribution in [3.63, 3.8) is 0 Å². The highest BCUT2D eigenvalue weighted by Crippen LogP contribution is 2.30. The molecule has 0 radical (unpaired) electrons. The lowest BCUT2D eigenvalue weighted by molar-refractivity contribution is -0.282. The Bertz CT molecular complexity index is 145. The summed E-state index contributed by atoms with van der Waals surface area (Å²) in [5.74, 6) is -0.244. The van der Waals surface area contributed by atoms with Crippen LogP contribution in [-0.2, 0) is 9.47 Å². The van der Waals surface area contributed by atoms with Crippen molar-refractivity contribution in [2.75, 3.05) is 26.3 Å². The van der Waals surface area contributed by atoms with Crippen LogP contribution in [0, 0.1) is 7.05 Å². The lowest BCUT2D eigenvalue weighted by Gasteiger charge is -2.44. The lowest BCUT2D eigenvalue weighted by Crippen LogP contribution is -2.48. The zero-order valence-electron chi connectivity index (χ0n) is 7.42. The van der Waals surface area contributed by atoms with Gasteiger partial charge in [-0.25, -0.2) is 0 Å². The van der Waals surface area contributed by atoms with Crippen LogP contribution in [0.2, 0.25) is 0 Å². The van der Waals surface area contributed by atoms with E-state index in [1.54, 1.807) is 0 Å². The molecule has 0 atom stereocenters. The van der Waals surface area contributed by atoms with Gasteiger partial charge in [0.2, 0.25) is 0 Å². The van der Waals surface area contributed by atoms with Crippen molar-refractivity contribution in [2.24, 2.45) is 0 Å². The molecule has 70 valence electrons. The van der Waals surface area contributed by atoms with E-state index in [1.807, 2.05) is 0 Å². The van der Waals surface area contributed by atoms with Crippen molar-refractivity contribution >= 4 is 0 Å². The van der Waals surface area contributed by atoms with Gasteiger partial charge in [-0.05, 0) is 19.5 Å². The van der Waals surface area contributed by atoms with E-state index in [0.717, 1.165) is 45.6 Å². The van der Waals surface area contributed by atoms with E-state index in [2.05, 4.69) is 11.9 Å². The molecule has 0 amide bonds. The third-order valence-corrected chi connectivity index (χ3v) is 2.64. The summed E-state index contributed by atoms with van der Waals surface area (Å²) < 4.78 is 11.4. The predicted molar refractivity (Wildman–Crippen MR) is 45.4 cm³/mol. The van der Waals surface area contributed by atoms with Crippen molar-refractivity contribution in [1.82, 2.24) is 4.90 Å². The quantitative estimate of drug-likeness (QED) is 0.506. The molecule has 0 saturated carbocycles. The molecule has 2 fully saturated rings. The Morgan fingerprint density at radius 2 is 1.67 bits per heavy atom. The number of hydrogen-bond donors (Lipinski definition) is 0. The number of rotatable bonds is 0. The molecule has 2 saturated heterocycles. The lowest BCUT2D eigenvalue weighted by atomic mass is 10.0. The van der Waals surface area contributed by atoms with E-state index < -0.39 is 0 Å². The van der Waals surface area contributed by atoms with E-state index in [0.29, 0.717) is 0 Å². The minimum absolute atomic E-state index is 0.244. The third kappa shape index (κ3) is 1.63. The molecule has 3 nitrogen and oxygen atoms in total. The summed E-state index contributed by atoms with van der Waals surface area (Å²) in [4.78, 5) is 2.08. The van der Waals surface area contributed by atoms with Crippen LogP contribution in [0.15, 0.2) is 0 Å². The number of piperidine rings is 1. The Labute approximate surface area is 73.6 Å². The SMILES string of the molecule is [CH2-]N1CCC2(CC1)OCCCO2. The minimum atomic E-state index is -0.244. The van der Waals surface area contributed by atoms with Crippen LogP contribution in [0.5, 0.6) is 0 Å². The van der Waals surface area contributed by atoms with Gasteiger partial charge in [0, 0.05) is 12.8 Å². The Kier molecular flexibility index (Phi) is 2.35. The molecule has 0 aliphatic carbocycles. The van der Waals surface area contributed by atoms with Crippen LogP contribution in [0.1, 0.15) is 19.3 Å². The highest BCUT2D eigenvalue weighted by atomic mass is 16.7. The van der Waals surface area contributed by atoms with Gasteiger partial charge in [0.05, 0.1) is 13.2 Å². The van der Waals surface area contributed by atoms with E-state index in [4.69, 9.17) is 9.47 Å². The Morgan fingerprint density at radius 1 is 1.08 bits per heavy atom. The normalized spacial score (nSPS) is 30.8. The number of ether oxygens (including phenoxy) is 2. The van der Waals surface area contributed by atoms with Crippen LogP contribution in [0.4, 0.5) is 0 Å². The maximum absolute atomic E-state index is 5.68. The Hall–Kier alpha value is -0.120. The van der Waals surface area contributed by atoms with Crippen molar-refractivity contribution in [2.45, 2.75) is 25.0 Å². The van der Waals surface area contributed by atoms with E-state index in [1.165, 1.54) is 0 Å².